The second-order valence-electron chi connectivity index (χ2n) is 4.91. The molecule has 0 fully saturated rings. The molecule has 16 heavy (non-hydrogen) atoms. The summed E-state index contributed by atoms with van der Waals surface area (Å²) in [6.07, 6.45) is 0.474. The first-order chi connectivity index (χ1) is 7.37. The molecule has 0 saturated heterocycles. The minimum absolute atomic E-state index is 0.223. The second-order valence-corrected chi connectivity index (χ2v) is 7.67. The van der Waals surface area contributed by atoms with E-state index in [1.165, 1.54) is 5.56 Å². The summed E-state index contributed by atoms with van der Waals surface area (Å²) in [6.45, 7) is 6.51. The van der Waals surface area contributed by atoms with Gasteiger partial charge in [-0.2, -0.15) is 11.8 Å². The van der Waals surface area contributed by atoms with E-state index < -0.39 is 0 Å². The van der Waals surface area contributed by atoms with E-state index in [0.717, 1.165) is 16.6 Å². The Morgan fingerprint density at radius 2 is 1.81 bits per heavy atom. The Morgan fingerprint density at radius 1 is 1.25 bits per heavy atom. The lowest BCUT2D eigenvalue weighted by molar-refractivity contribution is 0.200. The topological polar surface area (TPSA) is 20.2 Å². The molecule has 3 heteroatoms. The molecule has 0 radical (unpaired) electrons. The van der Waals surface area contributed by atoms with Gasteiger partial charge in [-0.25, -0.2) is 0 Å². The third kappa shape index (κ3) is 5.92. The summed E-state index contributed by atoms with van der Waals surface area (Å²) < 4.78 is 1.30. The lowest BCUT2D eigenvalue weighted by atomic mass is 10.1. The molecule has 1 unspecified atom stereocenters. The van der Waals surface area contributed by atoms with Crippen molar-refractivity contribution >= 4 is 27.7 Å². The van der Waals surface area contributed by atoms with Crippen LogP contribution in [0.4, 0.5) is 0 Å². The summed E-state index contributed by atoms with van der Waals surface area (Å²) in [5.41, 5.74) is 1.19. The maximum Gasteiger partial charge on any atom is 0.0671 e. The first-order valence-corrected chi connectivity index (χ1v) is 7.21. The number of thioether (sulfide) groups is 1. The molecule has 0 spiro atoms. The van der Waals surface area contributed by atoms with Gasteiger partial charge in [0.1, 0.15) is 0 Å². The van der Waals surface area contributed by atoms with E-state index in [0.29, 0.717) is 0 Å². The molecular formula is C13H19BrOS. The largest absolute Gasteiger partial charge is 0.392 e. The van der Waals surface area contributed by atoms with E-state index in [1.807, 2.05) is 12.1 Å². The van der Waals surface area contributed by atoms with Crippen LogP contribution in [0, 0.1) is 0 Å². The molecule has 0 saturated carbocycles. The Kier molecular flexibility index (Phi) is 5.35. The molecule has 1 rings (SSSR count). The lowest BCUT2D eigenvalue weighted by Gasteiger charge is -2.20. The number of halogens is 1. The normalized spacial score (nSPS) is 13.8. The van der Waals surface area contributed by atoms with Crippen molar-refractivity contribution in [2.45, 2.75) is 38.0 Å². The van der Waals surface area contributed by atoms with Crippen LogP contribution >= 0.6 is 27.7 Å². The number of aliphatic hydroxyl groups excluding tert-OH is 1. The molecule has 0 bridgehead atoms. The number of hydrogen-bond donors (Lipinski definition) is 1. The van der Waals surface area contributed by atoms with Gasteiger partial charge < -0.3 is 5.11 Å². The minimum atomic E-state index is -0.259. The van der Waals surface area contributed by atoms with E-state index in [9.17, 15) is 5.11 Å². The molecule has 1 nitrogen and oxygen atoms in total. The van der Waals surface area contributed by atoms with E-state index in [-0.39, 0.29) is 10.9 Å². The zero-order valence-electron chi connectivity index (χ0n) is 10.0. The summed E-state index contributed by atoms with van der Waals surface area (Å²) >= 11 is 5.21. The van der Waals surface area contributed by atoms with Crippen molar-refractivity contribution < 1.29 is 5.11 Å². The molecular weight excluding hydrogens is 284 g/mol. The molecule has 90 valence electrons. The van der Waals surface area contributed by atoms with Crippen molar-refractivity contribution in [3.63, 3.8) is 0 Å². The van der Waals surface area contributed by atoms with Gasteiger partial charge in [-0.1, -0.05) is 48.8 Å². The number of rotatable bonds is 4. The van der Waals surface area contributed by atoms with Crippen LogP contribution in [0.15, 0.2) is 28.7 Å². The standard InChI is InChI=1S/C13H19BrOS/c1-13(2,3)16-9-12(15)8-10-4-6-11(14)7-5-10/h4-7,12,15H,8-9H2,1-3H3. The Labute approximate surface area is 111 Å². The van der Waals surface area contributed by atoms with Gasteiger partial charge in [-0.15, -0.1) is 0 Å². The maximum absolute atomic E-state index is 9.90. The summed E-state index contributed by atoms with van der Waals surface area (Å²) in [6, 6.07) is 8.13. The molecule has 0 aliphatic carbocycles. The monoisotopic (exact) mass is 302 g/mol. The predicted molar refractivity (Wildman–Crippen MR) is 76.1 cm³/mol. The van der Waals surface area contributed by atoms with Crippen LogP contribution in [-0.4, -0.2) is 21.7 Å². The molecule has 1 aromatic rings. The van der Waals surface area contributed by atoms with Crippen molar-refractivity contribution in [3.05, 3.63) is 34.3 Å². The average Bonchev–Trinajstić information content (AvgIpc) is 2.18. The van der Waals surface area contributed by atoms with E-state index in [4.69, 9.17) is 0 Å². The first-order valence-electron chi connectivity index (χ1n) is 5.43. The zero-order valence-corrected chi connectivity index (χ0v) is 12.4. The van der Waals surface area contributed by atoms with Gasteiger partial charge in [0.2, 0.25) is 0 Å². The van der Waals surface area contributed by atoms with Crippen LogP contribution in [0.2, 0.25) is 0 Å². The highest BCUT2D eigenvalue weighted by Crippen LogP contribution is 2.24. The molecule has 1 N–H and O–H groups in total. The third-order valence-electron chi connectivity index (χ3n) is 2.09. The molecule has 0 aliphatic rings. The highest BCUT2D eigenvalue weighted by molar-refractivity contribution is 9.10. The first kappa shape index (κ1) is 14.1. The van der Waals surface area contributed by atoms with Gasteiger partial charge in [-0.05, 0) is 24.1 Å². The molecule has 0 amide bonds. The van der Waals surface area contributed by atoms with Gasteiger partial charge in [0, 0.05) is 15.0 Å². The van der Waals surface area contributed by atoms with Crippen LogP contribution in [0.3, 0.4) is 0 Å². The van der Waals surface area contributed by atoms with Crippen molar-refractivity contribution in [2.24, 2.45) is 0 Å². The summed E-state index contributed by atoms with van der Waals surface area (Å²) in [7, 11) is 0. The molecule has 1 aromatic carbocycles. The fraction of sp³-hybridized carbons (Fsp3) is 0.538. The highest BCUT2D eigenvalue weighted by Gasteiger charge is 2.14. The Morgan fingerprint density at radius 3 is 2.31 bits per heavy atom. The average molecular weight is 303 g/mol. The smallest absolute Gasteiger partial charge is 0.0671 e. The van der Waals surface area contributed by atoms with Crippen molar-refractivity contribution in [3.8, 4) is 0 Å². The fourth-order valence-corrected chi connectivity index (χ4v) is 2.37. The van der Waals surface area contributed by atoms with E-state index in [2.05, 4.69) is 48.8 Å². The second kappa shape index (κ2) is 6.08. The Balaban J connectivity index is 2.39. The summed E-state index contributed by atoms with van der Waals surface area (Å²) in [4.78, 5) is 0. The van der Waals surface area contributed by atoms with Crippen LogP contribution in [0.1, 0.15) is 26.3 Å². The quantitative estimate of drug-likeness (QED) is 0.911. The lowest BCUT2D eigenvalue weighted by Crippen LogP contribution is -2.18. The Bertz CT molecular complexity index is 316. The highest BCUT2D eigenvalue weighted by atomic mass is 79.9. The maximum atomic E-state index is 9.90. The summed E-state index contributed by atoms with van der Waals surface area (Å²) in [5.74, 6) is 0.791. The molecule has 0 aliphatic heterocycles. The number of benzene rings is 1. The van der Waals surface area contributed by atoms with Gasteiger partial charge in [0.15, 0.2) is 0 Å². The van der Waals surface area contributed by atoms with Crippen LogP contribution in [-0.2, 0) is 6.42 Å². The number of hydrogen-bond acceptors (Lipinski definition) is 2. The SMILES string of the molecule is CC(C)(C)SCC(O)Cc1ccc(Br)cc1. The van der Waals surface area contributed by atoms with E-state index in [1.54, 1.807) is 11.8 Å². The van der Waals surface area contributed by atoms with Crippen molar-refractivity contribution in [1.29, 1.82) is 0 Å². The van der Waals surface area contributed by atoms with Crippen LogP contribution in [0.25, 0.3) is 0 Å². The predicted octanol–water partition coefficient (Wildman–Crippen LogP) is 3.88. The van der Waals surface area contributed by atoms with Gasteiger partial charge in [0.05, 0.1) is 6.10 Å². The minimum Gasteiger partial charge on any atom is -0.392 e. The molecule has 0 aromatic heterocycles. The fourth-order valence-electron chi connectivity index (χ4n) is 1.30. The van der Waals surface area contributed by atoms with Gasteiger partial charge in [0.25, 0.3) is 0 Å². The van der Waals surface area contributed by atoms with Gasteiger partial charge >= 0.3 is 0 Å². The van der Waals surface area contributed by atoms with Gasteiger partial charge in [-0.3, -0.25) is 0 Å². The summed E-state index contributed by atoms with van der Waals surface area (Å²) in [5, 5.41) is 9.90. The Hall–Kier alpha value is 0.01000. The molecule has 1 atom stereocenters. The van der Waals surface area contributed by atoms with Crippen molar-refractivity contribution in [2.75, 3.05) is 5.75 Å². The number of aliphatic hydroxyl groups is 1. The van der Waals surface area contributed by atoms with Crippen LogP contribution < -0.4 is 0 Å². The molecule has 0 heterocycles. The van der Waals surface area contributed by atoms with E-state index >= 15 is 0 Å². The van der Waals surface area contributed by atoms with Crippen LogP contribution in [0.5, 0.6) is 0 Å². The third-order valence-corrected chi connectivity index (χ3v) is 4.04. The van der Waals surface area contributed by atoms with Crippen molar-refractivity contribution in [1.82, 2.24) is 0 Å². The zero-order chi connectivity index (χ0) is 12.2.